The molecule has 21 heavy (non-hydrogen) atoms. The minimum Gasteiger partial charge on any atom is -0.313 e. The molecule has 6 heteroatoms. The summed E-state index contributed by atoms with van der Waals surface area (Å²) in [5, 5.41) is 3.05. The highest BCUT2D eigenvalue weighted by Crippen LogP contribution is 2.36. The third kappa shape index (κ3) is 4.04. The van der Waals surface area contributed by atoms with E-state index in [-0.39, 0.29) is 10.5 Å². The van der Waals surface area contributed by atoms with E-state index in [2.05, 4.69) is 26.2 Å². The first-order chi connectivity index (χ1) is 9.91. The van der Waals surface area contributed by atoms with Gasteiger partial charge in [-0.1, -0.05) is 28.1 Å². The lowest BCUT2D eigenvalue weighted by atomic mass is 9.98. The molecule has 2 nitrogen and oxygen atoms in total. The van der Waals surface area contributed by atoms with E-state index in [0.29, 0.717) is 12.0 Å². The second-order valence-electron chi connectivity index (χ2n) is 4.64. The van der Waals surface area contributed by atoms with Crippen LogP contribution in [0.15, 0.2) is 47.2 Å². The number of nitrogens with zero attached hydrogens (tertiary/aromatic N) is 1. The van der Waals surface area contributed by atoms with Gasteiger partial charge in [-0.05, 0) is 42.8 Å². The first-order valence-corrected chi connectivity index (χ1v) is 7.14. The molecule has 0 radical (unpaired) electrons. The van der Waals surface area contributed by atoms with E-state index in [1.807, 2.05) is 12.1 Å². The van der Waals surface area contributed by atoms with Gasteiger partial charge in [0.05, 0.1) is 5.56 Å². The molecule has 0 aliphatic heterocycles. The van der Waals surface area contributed by atoms with E-state index in [0.717, 1.165) is 5.56 Å². The number of alkyl halides is 3. The number of hydrogen-bond acceptors (Lipinski definition) is 2. The van der Waals surface area contributed by atoms with Crippen molar-refractivity contribution in [1.29, 1.82) is 0 Å². The van der Waals surface area contributed by atoms with Gasteiger partial charge in [0.25, 0.3) is 0 Å². The molecule has 0 bridgehead atoms. The van der Waals surface area contributed by atoms with E-state index >= 15 is 0 Å². The van der Waals surface area contributed by atoms with Gasteiger partial charge in [0.15, 0.2) is 0 Å². The van der Waals surface area contributed by atoms with Crippen LogP contribution in [0, 0.1) is 0 Å². The van der Waals surface area contributed by atoms with E-state index in [9.17, 15) is 13.2 Å². The highest BCUT2D eigenvalue weighted by Gasteiger charge is 2.33. The van der Waals surface area contributed by atoms with Gasteiger partial charge in [-0.2, -0.15) is 13.2 Å². The van der Waals surface area contributed by atoms with Crippen molar-refractivity contribution in [2.24, 2.45) is 0 Å². The van der Waals surface area contributed by atoms with Crippen LogP contribution in [0.25, 0.3) is 0 Å². The predicted octanol–water partition coefficient (Wildman–Crippen LogP) is 4.37. The van der Waals surface area contributed by atoms with Gasteiger partial charge < -0.3 is 5.32 Å². The normalized spacial score (nSPS) is 13.2. The minimum absolute atomic E-state index is 0.0509. The third-order valence-corrected chi connectivity index (χ3v) is 3.90. The summed E-state index contributed by atoms with van der Waals surface area (Å²) in [7, 11) is 1.73. The lowest BCUT2D eigenvalue weighted by Crippen LogP contribution is -2.20. The molecule has 1 unspecified atom stereocenters. The second-order valence-corrected chi connectivity index (χ2v) is 5.50. The second kappa shape index (κ2) is 6.58. The van der Waals surface area contributed by atoms with Crippen LogP contribution in [-0.4, -0.2) is 12.0 Å². The Morgan fingerprint density at radius 2 is 2.05 bits per heavy atom. The fourth-order valence-electron chi connectivity index (χ4n) is 2.12. The maximum Gasteiger partial charge on any atom is 0.417 e. The number of likely N-dealkylation sites (N-methyl/N-ethyl adjacent to an activating group) is 1. The first-order valence-electron chi connectivity index (χ1n) is 6.34. The average molecular weight is 359 g/mol. The maximum atomic E-state index is 13.0. The first kappa shape index (κ1) is 16.0. The predicted molar refractivity (Wildman–Crippen MR) is 78.9 cm³/mol. The largest absolute Gasteiger partial charge is 0.417 e. The number of rotatable bonds is 4. The molecule has 0 fully saturated rings. The van der Waals surface area contributed by atoms with E-state index in [1.54, 1.807) is 25.5 Å². The Kier molecular flexibility index (Phi) is 5.00. The summed E-state index contributed by atoms with van der Waals surface area (Å²) in [5.41, 5.74) is 0.900. The Bertz CT molecular complexity index is 600. The standard InChI is InChI=1S/C15H14BrF3N2/c1-20-14(7-10-3-2-6-21-9-10)11-4-5-13(16)12(8-11)15(17,18)19/h2-6,8-9,14,20H,7H2,1H3. The monoisotopic (exact) mass is 358 g/mol. The number of halogens is 4. The topological polar surface area (TPSA) is 24.9 Å². The maximum absolute atomic E-state index is 13.0. The van der Waals surface area contributed by atoms with Crippen LogP contribution in [0.4, 0.5) is 13.2 Å². The molecular formula is C15H14BrF3N2. The third-order valence-electron chi connectivity index (χ3n) is 3.21. The van der Waals surface area contributed by atoms with Gasteiger partial charge in [0.2, 0.25) is 0 Å². The molecular weight excluding hydrogens is 345 g/mol. The van der Waals surface area contributed by atoms with Crippen LogP contribution >= 0.6 is 15.9 Å². The molecule has 0 saturated heterocycles. The van der Waals surface area contributed by atoms with Crippen LogP contribution in [0.5, 0.6) is 0 Å². The zero-order valence-corrected chi connectivity index (χ0v) is 12.9. The molecule has 0 aliphatic carbocycles. The van der Waals surface area contributed by atoms with E-state index in [4.69, 9.17) is 0 Å². The van der Waals surface area contributed by atoms with Crippen molar-refractivity contribution in [3.63, 3.8) is 0 Å². The van der Waals surface area contributed by atoms with E-state index in [1.165, 1.54) is 12.1 Å². The molecule has 112 valence electrons. The Hall–Kier alpha value is -1.40. The van der Waals surface area contributed by atoms with Gasteiger partial charge in [-0.25, -0.2) is 0 Å². The molecule has 1 aromatic carbocycles. The van der Waals surface area contributed by atoms with Gasteiger partial charge in [0.1, 0.15) is 0 Å². The average Bonchev–Trinajstić information content (AvgIpc) is 2.45. The number of nitrogens with one attached hydrogen (secondary N) is 1. The van der Waals surface area contributed by atoms with Crippen molar-refractivity contribution >= 4 is 15.9 Å². The SMILES string of the molecule is CNC(Cc1cccnc1)c1ccc(Br)c(C(F)(F)F)c1. The summed E-state index contributed by atoms with van der Waals surface area (Å²) in [6, 6.07) is 7.82. The van der Waals surface area contributed by atoms with E-state index < -0.39 is 11.7 Å². The van der Waals surface area contributed by atoms with Gasteiger partial charge in [0, 0.05) is 22.9 Å². The number of pyridine rings is 1. The molecule has 1 aromatic heterocycles. The lowest BCUT2D eigenvalue weighted by Gasteiger charge is -2.19. The van der Waals surface area contributed by atoms with Crippen LogP contribution < -0.4 is 5.32 Å². The zero-order chi connectivity index (χ0) is 15.5. The number of hydrogen-bond donors (Lipinski definition) is 1. The van der Waals surface area contributed by atoms with Crippen LogP contribution in [-0.2, 0) is 12.6 Å². The Morgan fingerprint density at radius 3 is 2.62 bits per heavy atom. The summed E-state index contributed by atoms with van der Waals surface area (Å²) < 4.78 is 38.9. The summed E-state index contributed by atoms with van der Waals surface area (Å²) in [6.07, 6.45) is -0.419. The van der Waals surface area contributed by atoms with Crippen molar-refractivity contribution in [2.45, 2.75) is 18.6 Å². The van der Waals surface area contributed by atoms with Gasteiger partial charge >= 0.3 is 6.18 Å². The summed E-state index contributed by atoms with van der Waals surface area (Å²) >= 11 is 2.95. The number of benzene rings is 1. The molecule has 0 aliphatic rings. The van der Waals surface area contributed by atoms with Gasteiger partial charge in [-0.15, -0.1) is 0 Å². The fourth-order valence-corrected chi connectivity index (χ4v) is 2.59. The summed E-state index contributed by atoms with van der Waals surface area (Å²) in [4.78, 5) is 4.02. The van der Waals surface area contributed by atoms with Crippen LogP contribution in [0.1, 0.15) is 22.7 Å². The van der Waals surface area contributed by atoms with Crippen LogP contribution in [0.3, 0.4) is 0 Å². The smallest absolute Gasteiger partial charge is 0.313 e. The lowest BCUT2D eigenvalue weighted by molar-refractivity contribution is -0.138. The van der Waals surface area contributed by atoms with Crippen LogP contribution in [0.2, 0.25) is 0 Å². The minimum atomic E-state index is -4.37. The fraction of sp³-hybridized carbons (Fsp3) is 0.267. The highest BCUT2D eigenvalue weighted by atomic mass is 79.9. The van der Waals surface area contributed by atoms with Gasteiger partial charge in [-0.3, -0.25) is 4.98 Å². The Morgan fingerprint density at radius 1 is 1.29 bits per heavy atom. The summed E-state index contributed by atoms with van der Waals surface area (Å²) in [6.45, 7) is 0. The molecule has 0 amide bonds. The molecule has 2 rings (SSSR count). The molecule has 0 spiro atoms. The molecule has 1 N–H and O–H groups in total. The highest BCUT2D eigenvalue weighted by molar-refractivity contribution is 9.10. The molecule has 1 atom stereocenters. The zero-order valence-electron chi connectivity index (χ0n) is 11.3. The molecule has 2 aromatic rings. The van der Waals surface area contributed by atoms with Crippen molar-refractivity contribution in [3.8, 4) is 0 Å². The number of aromatic nitrogens is 1. The molecule has 1 heterocycles. The van der Waals surface area contributed by atoms with Crippen molar-refractivity contribution in [1.82, 2.24) is 10.3 Å². The quantitative estimate of drug-likeness (QED) is 0.877. The van der Waals surface area contributed by atoms with Crippen molar-refractivity contribution in [2.75, 3.05) is 7.05 Å². The van der Waals surface area contributed by atoms with Crippen molar-refractivity contribution < 1.29 is 13.2 Å². The summed E-state index contributed by atoms with van der Waals surface area (Å²) in [5.74, 6) is 0. The Balaban J connectivity index is 2.30. The molecule has 0 saturated carbocycles. The van der Waals surface area contributed by atoms with Crippen molar-refractivity contribution in [3.05, 3.63) is 63.9 Å². The Labute approximate surface area is 129 Å².